The van der Waals surface area contributed by atoms with Crippen molar-refractivity contribution in [2.24, 2.45) is 0 Å². The first-order valence-corrected chi connectivity index (χ1v) is 10.4. The molecule has 0 aliphatic carbocycles. The molecule has 2 aromatic carbocycles. The molecule has 0 fully saturated rings. The predicted molar refractivity (Wildman–Crippen MR) is 104 cm³/mol. The molecule has 27 heavy (non-hydrogen) atoms. The van der Waals surface area contributed by atoms with Crippen LogP contribution in [0, 0.1) is 5.41 Å². The highest BCUT2D eigenvalue weighted by atomic mass is 32.2. The second-order valence-corrected chi connectivity index (χ2v) is 8.32. The predicted octanol–water partition coefficient (Wildman–Crippen LogP) is 3.63. The number of H-pyrrole nitrogens is 1. The van der Waals surface area contributed by atoms with E-state index in [0.717, 1.165) is 23.7 Å². The largest absolute Gasteiger partial charge is 0.339 e. The quantitative estimate of drug-likeness (QED) is 0.554. The molecule has 138 valence electrons. The van der Waals surface area contributed by atoms with Gasteiger partial charge in [-0.25, -0.2) is 13.4 Å². The molecular formula is C20H20N4O2S. The number of aromatic amines is 1. The fraction of sp³-hybridized carbons (Fsp3) is 0.200. The summed E-state index contributed by atoms with van der Waals surface area (Å²) in [6, 6.07) is 15.8. The SMILES string of the molecule is CCCCn1c(=N)c(S(=O)(=O)c2ccccc2)nc2c3ccccc3[nH]c21. The molecular weight excluding hydrogens is 360 g/mol. The summed E-state index contributed by atoms with van der Waals surface area (Å²) < 4.78 is 28.1. The van der Waals surface area contributed by atoms with Gasteiger partial charge in [0.15, 0.2) is 5.49 Å². The van der Waals surface area contributed by atoms with Crippen molar-refractivity contribution in [3.63, 3.8) is 0 Å². The van der Waals surface area contributed by atoms with Crippen LogP contribution >= 0.6 is 0 Å². The molecule has 0 spiro atoms. The zero-order valence-corrected chi connectivity index (χ0v) is 15.8. The molecule has 0 radical (unpaired) electrons. The standard InChI is InChI=1S/C20H20N4O2S/c1-2-3-13-24-18(21)20(27(25,26)14-9-5-4-6-10-14)23-17-15-11-7-8-12-16(15)22-19(17)24/h4-12,21-22H,2-3,13H2,1H3. The number of aromatic nitrogens is 3. The molecule has 2 N–H and O–H groups in total. The van der Waals surface area contributed by atoms with Crippen molar-refractivity contribution in [1.29, 1.82) is 5.41 Å². The number of fused-ring (bicyclic) bond motifs is 3. The van der Waals surface area contributed by atoms with E-state index in [-0.39, 0.29) is 15.4 Å². The number of nitrogens with one attached hydrogen (secondary N) is 2. The van der Waals surface area contributed by atoms with Crippen molar-refractivity contribution in [3.8, 4) is 0 Å². The Kier molecular flexibility index (Phi) is 4.31. The maximum Gasteiger partial charge on any atom is 0.227 e. The van der Waals surface area contributed by atoms with E-state index in [1.807, 2.05) is 24.3 Å². The molecule has 0 saturated heterocycles. The number of unbranched alkanes of at least 4 members (excludes halogenated alkanes) is 1. The number of nitrogens with zero attached hydrogens (tertiary/aromatic N) is 2. The van der Waals surface area contributed by atoms with Crippen LogP contribution in [0.25, 0.3) is 22.1 Å². The van der Waals surface area contributed by atoms with Crippen LogP contribution in [0.1, 0.15) is 19.8 Å². The average Bonchev–Trinajstić information content (AvgIpc) is 3.06. The number of rotatable bonds is 5. The van der Waals surface area contributed by atoms with Crippen LogP contribution in [0.4, 0.5) is 0 Å². The first-order valence-electron chi connectivity index (χ1n) is 8.90. The summed E-state index contributed by atoms with van der Waals surface area (Å²) in [5.41, 5.74) is 2.04. The van der Waals surface area contributed by atoms with Crippen LogP contribution in [0.2, 0.25) is 0 Å². The van der Waals surface area contributed by atoms with Crippen LogP contribution in [0.5, 0.6) is 0 Å². The Morgan fingerprint density at radius 2 is 1.78 bits per heavy atom. The van der Waals surface area contributed by atoms with Crippen LogP contribution < -0.4 is 5.49 Å². The summed E-state index contributed by atoms with van der Waals surface area (Å²) in [5, 5.41) is 9.23. The number of sulfone groups is 1. The lowest BCUT2D eigenvalue weighted by atomic mass is 10.2. The Labute approximate surface area is 156 Å². The van der Waals surface area contributed by atoms with Crippen LogP contribution in [-0.2, 0) is 16.4 Å². The number of aryl methyl sites for hydroxylation is 1. The minimum Gasteiger partial charge on any atom is -0.339 e. The van der Waals surface area contributed by atoms with Crippen LogP contribution in [0.3, 0.4) is 0 Å². The molecule has 2 heterocycles. The third-order valence-corrected chi connectivity index (χ3v) is 6.35. The lowest BCUT2D eigenvalue weighted by molar-refractivity contribution is 0.572. The Bertz CT molecular complexity index is 1290. The lowest BCUT2D eigenvalue weighted by Gasteiger charge is -2.12. The molecule has 0 amide bonds. The van der Waals surface area contributed by atoms with E-state index in [1.54, 1.807) is 22.8 Å². The molecule has 4 aromatic rings. The van der Waals surface area contributed by atoms with E-state index < -0.39 is 9.84 Å². The van der Waals surface area contributed by atoms with Gasteiger partial charge in [-0.3, -0.25) is 5.41 Å². The maximum absolute atomic E-state index is 13.2. The Morgan fingerprint density at radius 1 is 1.07 bits per heavy atom. The Balaban J connectivity index is 2.08. The van der Waals surface area contributed by atoms with Gasteiger partial charge in [0.1, 0.15) is 11.2 Å². The number of hydrogen-bond acceptors (Lipinski definition) is 4. The second-order valence-electron chi connectivity index (χ2n) is 6.46. The van der Waals surface area contributed by atoms with Crippen molar-refractivity contribution in [1.82, 2.24) is 14.5 Å². The number of hydrogen-bond donors (Lipinski definition) is 2. The van der Waals surface area contributed by atoms with E-state index in [4.69, 9.17) is 5.41 Å². The highest BCUT2D eigenvalue weighted by molar-refractivity contribution is 7.91. The van der Waals surface area contributed by atoms with Crippen LogP contribution in [0.15, 0.2) is 64.5 Å². The molecule has 7 heteroatoms. The van der Waals surface area contributed by atoms with Gasteiger partial charge in [-0.1, -0.05) is 49.7 Å². The molecule has 0 unspecified atom stereocenters. The minimum absolute atomic E-state index is 0.0913. The van der Waals surface area contributed by atoms with Gasteiger partial charge in [0.2, 0.25) is 14.9 Å². The molecule has 0 bridgehead atoms. The lowest BCUT2D eigenvalue weighted by Crippen LogP contribution is -2.28. The van der Waals surface area contributed by atoms with Crippen molar-refractivity contribution >= 4 is 31.9 Å². The Hall–Kier alpha value is -2.93. The summed E-state index contributed by atoms with van der Waals surface area (Å²) in [7, 11) is -3.89. The second kappa shape index (κ2) is 6.66. The molecule has 4 rings (SSSR count). The molecule has 0 aliphatic rings. The first kappa shape index (κ1) is 17.5. The van der Waals surface area contributed by atoms with Gasteiger partial charge in [-0.2, -0.15) is 0 Å². The summed E-state index contributed by atoms with van der Waals surface area (Å²) in [4.78, 5) is 7.90. The third-order valence-electron chi connectivity index (χ3n) is 4.66. The van der Waals surface area contributed by atoms with Crippen molar-refractivity contribution in [3.05, 3.63) is 60.1 Å². The normalized spacial score (nSPS) is 12.0. The fourth-order valence-corrected chi connectivity index (χ4v) is 4.56. The van der Waals surface area contributed by atoms with Gasteiger partial charge in [0.25, 0.3) is 0 Å². The summed E-state index contributed by atoms with van der Waals surface area (Å²) in [6.07, 6.45) is 1.78. The summed E-state index contributed by atoms with van der Waals surface area (Å²) in [6.45, 7) is 2.62. The number of para-hydroxylation sites is 1. The molecule has 0 saturated carbocycles. The van der Waals surface area contributed by atoms with Gasteiger partial charge in [-0.15, -0.1) is 0 Å². The average molecular weight is 380 g/mol. The van der Waals surface area contributed by atoms with Gasteiger partial charge >= 0.3 is 0 Å². The van der Waals surface area contributed by atoms with Gasteiger partial charge < -0.3 is 9.55 Å². The van der Waals surface area contributed by atoms with Gasteiger partial charge in [0.05, 0.1) is 4.90 Å². The third kappa shape index (κ3) is 2.84. The zero-order chi connectivity index (χ0) is 19.0. The molecule has 0 atom stereocenters. The fourth-order valence-electron chi connectivity index (χ4n) is 3.24. The van der Waals surface area contributed by atoms with E-state index in [0.29, 0.717) is 17.7 Å². The van der Waals surface area contributed by atoms with Gasteiger partial charge in [0, 0.05) is 17.4 Å². The smallest absolute Gasteiger partial charge is 0.227 e. The minimum atomic E-state index is -3.89. The highest BCUT2D eigenvalue weighted by Crippen LogP contribution is 2.25. The van der Waals surface area contributed by atoms with Crippen LogP contribution in [-0.4, -0.2) is 23.0 Å². The topological polar surface area (TPSA) is 91.6 Å². The highest BCUT2D eigenvalue weighted by Gasteiger charge is 2.25. The van der Waals surface area contributed by atoms with E-state index in [9.17, 15) is 8.42 Å². The van der Waals surface area contributed by atoms with Crippen molar-refractivity contribution < 1.29 is 8.42 Å². The molecule has 0 aliphatic heterocycles. The maximum atomic E-state index is 13.2. The summed E-state index contributed by atoms with van der Waals surface area (Å²) >= 11 is 0. The first-order chi connectivity index (χ1) is 13.0. The van der Waals surface area contributed by atoms with Gasteiger partial charge in [-0.05, 0) is 24.6 Å². The Morgan fingerprint density at radius 3 is 2.52 bits per heavy atom. The molecule has 2 aromatic heterocycles. The monoisotopic (exact) mass is 380 g/mol. The summed E-state index contributed by atoms with van der Waals surface area (Å²) in [5.74, 6) is 0. The molecule has 6 nitrogen and oxygen atoms in total. The van der Waals surface area contributed by atoms with Crippen molar-refractivity contribution in [2.75, 3.05) is 0 Å². The van der Waals surface area contributed by atoms with E-state index in [1.165, 1.54) is 12.1 Å². The zero-order valence-electron chi connectivity index (χ0n) is 14.9. The van der Waals surface area contributed by atoms with E-state index >= 15 is 0 Å². The van der Waals surface area contributed by atoms with E-state index in [2.05, 4.69) is 16.9 Å². The van der Waals surface area contributed by atoms with Crippen molar-refractivity contribution in [2.45, 2.75) is 36.2 Å². The number of benzene rings is 2.